The first-order chi connectivity index (χ1) is 21.2. The summed E-state index contributed by atoms with van der Waals surface area (Å²) in [5, 5.41) is 13.0. The minimum Gasteiger partial charge on any atom is -0.292 e. The van der Waals surface area contributed by atoms with Gasteiger partial charge in [-0.05, 0) is 65.4 Å². The summed E-state index contributed by atoms with van der Waals surface area (Å²) in [6.45, 7) is 3.22. The van der Waals surface area contributed by atoms with Crippen molar-refractivity contribution >= 4 is 29.2 Å². The Morgan fingerprint density at radius 3 is 1.66 bits per heavy atom. The number of nitrogens with zero attached hydrogens (tertiary/aromatic N) is 3. The van der Waals surface area contributed by atoms with E-state index in [0.717, 1.165) is 43.4 Å². The van der Waals surface area contributed by atoms with E-state index in [0.29, 0.717) is 5.56 Å². The number of ketones is 1. The van der Waals surface area contributed by atoms with Gasteiger partial charge in [-0.25, -0.2) is 5.01 Å². The van der Waals surface area contributed by atoms with Crippen LogP contribution >= 0.6 is 0 Å². The first-order valence-electron chi connectivity index (χ1n) is 14.4. The molecule has 4 aromatic carbocycles. The number of amides is 3. The molecule has 44 heavy (non-hydrogen) atoms. The number of aryl methyl sites for hydroxylation is 2. The molecule has 0 N–H and O–H groups in total. The van der Waals surface area contributed by atoms with E-state index in [1.165, 1.54) is 24.3 Å². The number of non-ortho nitro benzene ring substituents is 1. The van der Waals surface area contributed by atoms with Gasteiger partial charge in [-0.3, -0.25) is 29.3 Å². The number of benzene rings is 4. The van der Waals surface area contributed by atoms with Gasteiger partial charge in [0.2, 0.25) is 0 Å². The van der Waals surface area contributed by atoms with Crippen molar-refractivity contribution in [2.24, 2.45) is 11.8 Å². The van der Waals surface area contributed by atoms with Gasteiger partial charge in [0.15, 0.2) is 5.78 Å². The van der Waals surface area contributed by atoms with Crippen molar-refractivity contribution in [3.05, 3.63) is 146 Å². The van der Waals surface area contributed by atoms with Gasteiger partial charge in [0.25, 0.3) is 23.4 Å². The van der Waals surface area contributed by atoms with Gasteiger partial charge in [0.1, 0.15) is 6.54 Å². The zero-order chi connectivity index (χ0) is 30.9. The number of rotatable bonds is 6. The fourth-order valence-electron chi connectivity index (χ4n) is 7.15. The fourth-order valence-corrected chi connectivity index (χ4v) is 7.15. The van der Waals surface area contributed by atoms with Crippen LogP contribution < -0.4 is 0 Å². The monoisotopic (exact) mass is 585 g/mol. The SMILES string of the molecule is Cc1ccc(C(=O)CN(C(=O)c2ccc([N+](=O)[O-])cc2)N2C(=O)[C@H]3C4c5ccccc5C(c5ccccc54)[C@@H]3C2=O)cc1C. The van der Waals surface area contributed by atoms with Gasteiger partial charge >= 0.3 is 0 Å². The lowest BCUT2D eigenvalue weighted by Crippen LogP contribution is -2.52. The Labute approximate surface area is 252 Å². The number of Topliss-reactive ketones (excluding diaryl/α,β-unsaturated/α-hetero) is 1. The van der Waals surface area contributed by atoms with Crippen LogP contribution in [-0.4, -0.2) is 45.0 Å². The molecule has 0 radical (unpaired) electrons. The smallest absolute Gasteiger partial charge is 0.273 e. The number of nitro benzene ring substituents is 1. The number of nitro groups is 1. The zero-order valence-electron chi connectivity index (χ0n) is 24.0. The van der Waals surface area contributed by atoms with Gasteiger partial charge in [0.05, 0.1) is 16.8 Å². The Morgan fingerprint density at radius 1 is 0.727 bits per heavy atom. The third-order valence-electron chi connectivity index (χ3n) is 9.35. The molecule has 0 aromatic heterocycles. The van der Waals surface area contributed by atoms with Crippen LogP contribution in [-0.2, 0) is 9.59 Å². The van der Waals surface area contributed by atoms with Gasteiger partial charge in [-0.1, -0.05) is 60.7 Å². The molecule has 2 atom stereocenters. The summed E-state index contributed by atoms with van der Waals surface area (Å²) in [5.41, 5.74) is 5.95. The lowest BCUT2D eigenvalue weighted by Gasteiger charge is -2.45. The molecule has 3 amide bonds. The standard InChI is InChI=1S/C35H27N3O6/c1-19-11-12-22(17-20(19)2)28(39)18-36(33(40)21-13-15-23(16-14-21)38(43)44)37-34(41)31-29-24-7-3-4-8-25(24)30(32(31)35(37)42)27-10-6-5-9-26(27)29/h3-17,29-32H,18H2,1-2H3/t29?,30?,31-,32-/m0/s1. The maximum Gasteiger partial charge on any atom is 0.273 e. The van der Waals surface area contributed by atoms with Crippen molar-refractivity contribution in [3.8, 4) is 0 Å². The highest BCUT2D eigenvalue weighted by Crippen LogP contribution is 2.61. The number of hydrogen-bond donors (Lipinski definition) is 0. The highest BCUT2D eigenvalue weighted by Gasteiger charge is 2.63. The van der Waals surface area contributed by atoms with Gasteiger partial charge in [0, 0.05) is 35.1 Å². The minimum atomic E-state index is -0.778. The molecule has 1 heterocycles. The van der Waals surface area contributed by atoms with E-state index < -0.39 is 46.8 Å². The van der Waals surface area contributed by atoms with Gasteiger partial charge in [-0.2, -0.15) is 5.01 Å². The van der Waals surface area contributed by atoms with E-state index in [4.69, 9.17) is 0 Å². The molecular formula is C35H27N3O6. The third kappa shape index (κ3) is 4.00. The summed E-state index contributed by atoms with van der Waals surface area (Å²) in [4.78, 5) is 67.2. The van der Waals surface area contributed by atoms with Crippen molar-refractivity contribution in [3.63, 3.8) is 0 Å². The molecule has 4 aliphatic rings. The summed E-state index contributed by atoms with van der Waals surface area (Å²) in [5.74, 6) is -4.57. The second-order valence-electron chi connectivity index (χ2n) is 11.6. The van der Waals surface area contributed by atoms with E-state index in [1.807, 2.05) is 62.4 Å². The minimum absolute atomic E-state index is 0.00787. The number of hydrazine groups is 1. The van der Waals surface area contributed by atoms with Crippen molar-refractivity contribution in [2.45, 2.75) is 25.7 Å². The number of hydrogen-bond acceptors (Lipinski definition) is 6. The number of imide groups is 1. The Hall–Kier alpha value is -5.44. The van der Waals surface area contributed by atoms with E-state index in [2.05, 4.69) is 0 Å². The van der Waals surface area contributed by atoms with Crippen LogP contribution in [0.3, 0.4) is 0 Å². The van der Waals surface area contributed by atoms with E-state index in [1.54, 1.807) is 18.2 Å². The molecule has 4 aromatic rings. The van der Waals surface area contributed by atoms with Crippen LogP contribution in [0.2, 0.25) is 0 Å². The molecule has 2 bridgehead atoms. The maximum atomic E-state index is 14.4. The second kappa shape index (κ2) is 10.1. The van der Waals surface area contributed by atoms with Crippen molar-refractivity contribution < 1.29 is 24.1 Å². The lowest BCUT2D eigenvalue weighted by molar-refractivity contribution is -0.384. The van der Waals surface area contributed by atoms with Crippen molar-refractivity contribution in [1.29, 1.82) is 0 Å². The van der Waals surface area contributed by atoms with Crippen molar-refractivity contribution in [2.75, 3.05) is 6.54 Å². The molecule has 0 spiro atoms. The first-order valence-corrected chi connectivity index (χ1v) is 14.4. The summed E-state index contributed by atoms with van der Waals surface area (Å²) in [7, 11) is 0. The summed E-state index contributed by atoms with van der Waals surface area (Å²) in [6, 6.07) is 25.7. The Morgan fingerprint density at radius 2 is 1.20 bits per heavy atom. The molecule has 8 rings (SSSR count). The average Bonchev–Trinajstić information content (AvgIpc) is 3.30. The Balaban J connectivity index is 1.32. The molecule has 0 saturated carbocycles. The van der Waals surface area contributed by atoms with E-state index >= 15 is 0 Å². The van der Waals surface area contributed by atoms with Crippen LogP contribution in [0.15, 0.2) is 91.0 Å². The molecule has 1 aliphatic heterocycles. The fraction of sp³-hybridized carbons (Fsp3) is 0.200. The predicted molar refractivity (Wildman–Crippen MR) is 160 cm³/mol. The van der Waals surface area contributed by atoms with Crippen LogP contribution in [0.4, 0.5) is 5.69 Å². The zero-order valence-corrected chi connectivity index (χ0v) is 24.0. The molecule has 1 fully saturated rings. The summed E-state index contributed by atoms with van der Waals surface area (Å²) >= 11 is 0. The molecule has 9 nitrogen and oxygen atoms in total. The van der Waals surface area contributed by atoms with Crippen LogP contribution in [0.1, 0.15) is 65.9 Å². The predicted octanol–water partition coefficient (Wildman–Crippen LogP) is 5.34. The largest absolute Gasteiger partial charge is 0.292 e. The highest BCUT2D eigenvalue weighted by molar-refractivity contribution is 6.11. The highest BCUT2D eigenvalue weighted by atomic mass is 16.6. The quantitative estimate of drug-likeness (QED) is 0.130. The normalized spacial score (nSPS) is 21.0. The van der Waals surface area contributed by atoms with E-state index in [-0.39, 0.29) is 23.1 Å². The first kappa shape index (κ1) is 27.4. The van der Waals surface area contributed by atoms with Crippen molar-refractivity contribution in [1.82, 2.24) is 10.0 Å². The Bertz CT molecular complexity index is 1800. The van der Waals surface area contributed by atoms with Gasteiger partial charge in [-0.15, -0.1) is 0 Å². The Kier molecular flexibility index (Phi) is 6.28. The van der Waals surface area contributed by atoms with E-state index in [9.17, 15) is 29.3 Å². The molecular weight excluding hydrogens is 558 g/mol. The van der Waals surface area contributed by atoms with Gasteiger partial charge < -0.3 is 0 Å². The summed E-state index contributed by atoms with van der Waals surface area (Å²) in [6.07, 6.45) is 0. The molecule has 0 unspecified atom stereocenters. The molecule has 9 heteroatoms. The molecule has 3 aliphatic carbocycles. The summed E-state index contributed by atoms with van der Waals surface area (Å²) < 4.78 is 0. The molecule has 1 saturated heterocycles. The molecule has 218 valence electrons. The lowest BCUT2D eigenvalue weighted by atomic mass is 9.55. The van der Waals surface area contributed by atoms with Crippen LogP contribution in [0.5, 0.6) is 0 Å². The topological polar surface area (TPSA) is 118 Å². The van der Waals surface area contributed by atoms with Crippen LogP contribution in [0.25, 0.3) is 0 Å². The maximum absolute atomic E-state index is 14.4. The third-order valence-corrected chi connectivity index (χ3v) is 9.35. The number of carbonyl (C=O) groups excluding carboxylic acids is 4. The van der Waals surface area contributed by atoms with Crippen LogP contribution in [0, 0.1) is 35.8 Å². The average molecular weight is 586 g/mol. The number of carbonyl (C=O) groups is 4. The second-order valence-corrected chi connectivity index (χ2v) is 11.6.